The van der Waals surface area contributed by atoms with Crippen LogP contribution in [0.15, 0.2) is 24.3 Å². The van der Waals surface area contributed by atoms with Crippen molar-refractivity contribution in [1.82, 2.24) is 0 Å². The topological polar surface area (TPSA) is 35.2 Å². The van der Waals surface area contributed by atoms with Gasteiger partial charge in [-0.2, -0.15) is 13.2 Å². The number of benzene rings is 1. The zero-order valence-corrected chi connectivity index (χ0v) is 12.6. The van der Waals surface area contributed by atoms with Crippen molar-refractivity contribution in [2.75, 3.05) is 13.2 Å². The summed E-state index contributed by atoms with van der Waals surface area (Å²) in [5.74, 6) is 0.599. The zero-order chi connectivity index (χ0) is 15.9. The molecule has 1 atom stereocenters. The first-order valence-corrected chi connectivity index (χ1v) is 7.27. The monoisotopic (exact) mass is 303 g/mol. The predicted molar refractivity (Wildman–Crippen MR) is 78.0 cm³/mol. The molecule has 5 heteroatoms. The second-order valence-corrected chi connectivity index (χ2v) is 5.74. The van der Waals surface area contributed by atoms with Crippen LogP contribution in [0.2, 0.25) is 0 Å². The van der Waals surface area contributed by atoms with E-state index in [1.807, 2.05) is 24.3 Å². The number of hydrogen-bond acceptors (Lipinski definition) is 2. The van der Waals surface area contributed by atoms with E-state index >= 15 is 0 Å². The summed E-state index contributed by atoms with van der Waals surface area (Å²) in [4.78, 5) is 0. The van der Waals surface area contributed by atoms with Gasteiger partial charge in [0.15, 0.2) is 0 Å². The number of halogens is 3. The van der Waals surface area contributed by atoms with Crippen LogP contribution in [0.5, 0.6) is 0 Å². The Morgan fingerprint density at radius 1 is 1.14 bits per heavy atom. The lowest BCUT2D eigenvalue weighted by atomic mass is 10.00. The molecule has 0 radical (unpaired) electrons. The summed E-state index contributed by atoms with van der Waals surface area (Å²) in [5, 5.41) is 0. The number of ether oxygens (including phenoxy) is 1. The number of rotatable bonds is 8. The fourth-order valence-electron chi connectivity index (χ4n) is 2.05. The Bertz CT molecular complexity index is 401. The molecule has 1 aromatic rings. The summed E-state index contributed by atoms with van der Waals surface area (Å²) in [5.41, 5.74) is 8.17. The number of nitrogens with two attached hydrogens (primary N) is 1. The molecule has 0 aliphatic rings. The van der Waals surface area contributed by atoms with Crippen molar-refractivity contribution in [2.45, 2.75) is 45.3 Å². The second-order valence-electron chi connectivity index (χ2n) is 5.74. The SMILES string of the molecule is CC(C)Cc1ccc(C(N)COCCCC(F)(F)F)cc1. The lowest BCUT2D eigenvalue weighted by Crippen LogP contribution is -2.18. The third-order valence-electron chi connectivity index (χ3n) is 3.10. The first kappa shape index (κ1) is 18.0. The average molecular weight is 303 g/mol. The summed E-state index contributed by atoms with van der Waals surface area (Å²) in [6.07, 6.45) is -3.93. The van der Waals surface area contributed by atoms with Crippen LogP contribution >= 0.6 is 0 Å². The maximum atomic E-state index is 12.0. The molecule has 0 spiro atoms. The van der Waals surface area contributed by atoms with Crippen LogP contribution in [-0.4, -0.2) is 19.4 Å². The maximum absolute atomic E-state index is 12.0. The Kier molecular flexibility index (Phi) is 7.18. The lowest BCUT2D eigenvalue weighted by Gasteiger charge is -2.14. The summed E-state index contributed by atoms with van der Waals surface area (Å²) in [7, 11) is 0. The molecule has 2 nitrogen and oxygen atoms in total. The van der Waals surface area contributed by atoms with Gasteiger partial charge >= 0.3 is 6.18 Å². The van der Waals surface area contributed by atoms with Gasteiger partial charge in [0, 0.05) is 13.0 Å². The minimum atomic E-state index is -4.11. The summed E-state index contributed by atoms with van der Waals surface area (Å²) >= 11 is 0. The molecule has 21 heavy (non-hydrogen) atoms. The third-order valence-corrected chi connectivity index (χ3v) is 3.10. The molecular formula is C16H24F3NO. The first-order chi connectivity index (χ1) is 9.78. The molecule has 0 saturated carbocycles. The largest absolute Gasteiger partial charge is 0.389 e. The van der Waals surface area contributed by atoms with Crippen molar-refractivity contribution in [3.63, 3.8) is 0 Å². The van der Waals surface area contributed by atoms with Crippen LogP contribution in [0.1, 0.15) is 43.9 Å². The van der Waals surface area contributed by atoms with E-state index in [9.17, 15) is 13.2 Å². The minimum Gasteiger partial charge on any atom is -0.379 e. The van der Waals surface area contributed by atoms with E-state index in [1.54, 1.807) is 0 Å². The molecule has 0 bridgehead atoms. The van der Waals surface area contributed by atoms with Gasteiger partial charge in [-0.25, -0.2) is 0 Å². The van der Waals surface area contributed by atoms with Crippen molar-refractivity contribution >= 4 is 0 Å². The van der Waals surface area contributed by atoms with Gasteiger partial charge in [0.2, 0.25) is 0 Å². The average Bonchev–Trinajstić information content (AvgIpc) is 2.37. The molecule has 2 N–H and O–H groups in total. The first-order valence-electron chi connectivity index (χ1n) is 7.27. The second kappa shape index (κ2) is 8.39. The lowest BCUT2D eigenvalue weighted by molar-refractivity contribution is -0.137. The molecule has 0 saturated heterocycles. The highest BCUT2D eigenvalue weighted by Crippen LogP contribution is 2.21. The van der Waals surface area contributed by atoms with Crippen LogP contribution in [0.25, 0.3) is 0 Å². The molecule has 0 aromatic heterocycles. The smallest absolute Gasteiger partial charge is 0.379 e. The van der Waals surface area contributed by atoms with Gasteiger partial charge in [-0.3, -0.25) is 0 Å². The van der Waals surface area contributed by atoms with E-state index in [0.717, 1.165) is 12.0 Å². The van der Waals surface area contributed by atoms with E-state index in [0.29, 0.717) is 5.92 Å². The fourth-order valence-corrected chi connectivity index (χ4v) is 2.05. The Morgan fingerprint density at radius 2 is 1.76 bits per heavy atom. The van der Waals surface area contributed by atoms with Crippen LogP contribution in [0, 0.1) is 5.92 Å². The minimum absolute atomic E-state index is 0.0243. The normalized spacial score (nSPS) is 13.7. The van der Waals surface area contributed by atoms with Gasteiger partial charge in [-0.1, -0.05) is 38.1 Å². The van der Waals surface area contributed by atoms with E-state index in [2.05, 4.69) is 13.8 Å². The van der Waals surface area contributed by atoms with Gasteiger partial charge < -0.3 is 10.5 Å². The van der Waals surface area contributed by atoms with Crippen molar-refractivity contribution in [3.8, 4) is 0 Å². The van der Waals surface area contributed by atoms with E-state index in [1.165, 1.54) is 5.56 Å². The molecule has 0 amide bonds. The van der Waals surface area contributed by atoms with E-state index < -0.39 is 12.6 Å². The molecule has 120 valence electrons. The molecule has 0 aliphatic carbocycles. The summed E-state index contributed by atoms with van der Waals surface area (Å²) in [6, 6.07) is 7.70. The predicted octanol–water partition coefficient (Wildman–Crippen LogP) is 4.24. The molecule has 1 rings (SSSR count). The van der Waals surface area contributed by atoms with E-state index in [4.69, 9.17) is 10.5 Å². The molecule has 0 heterocycles. The van der Waals surface area contributed by atoms with Gasteiger partial charge in [0.05, 0.1) is 12.6 Å². The molecule has 0 fully saturated rings. The summed E-state index contributed by atoms with van der Waals surface area (Å²) < 4.78 is 41.1. The van der Waals surface area contributed by atoms with Crippen molar-refractivity contribution in [3.05, 3.63) is 35.4 Å². The summed E-state index contributed by atoms with van der Waals surface area (Å²) in [6.45, 7) is 4.64. The molecule has 0 aliphatic heterocycles. The zero-order valence-electron chi connectivity index (χ0n) is 12.6. The quantitative estimate of drug-likeness (QED) is 0.729. The third kappa shape index (κ3) is 8.07. The van der Waals surface area contributed by atoms with Crippen LogP contribution in [0.4, 0.5) is 13.2 Å². The van der Waals surface area contributed by atoms with E-state index in [-0.39, 0.29) is 25.7 Å². The van der Waals surface area contributed by atoms with Crippen molar-refractivity contribution in [2.24, 2.45) is 11.7 Å². The van der Waals surface area contributed by atoms with Crippen LogP contribution < -0.4 is 5.73 Å². The molecular weight excluding hydrogens is 279 g/mol. The van der Waals surface area contributed by atoms with Crippen LogP contribution in [0.3, 0.4) is 0 Å². The van der Waals surface area contributed by atoms with Crippen molar-refractivity contribution < 1.29 is 17.9 Å². The van der Waals surface area contributed by atoms with Gasteiger partial charge in [0.1, 0.15) is 0 Å². The standard InChI is InChI=1S/C16H24F3NO/c1-12(2)10-13-4-6-14(7-5-13)15(20)11-21-9-3-8-16(17,18)19/h4-7,12,15H,3,8-11,20H2,1-2H3. The highest BCUT2D eigenvalue weighted by Gasteiger charge is 2.25. The van der Waals surface area contributed by atoms with Gasteiger partial charge in [-0.05, 0) is 29.9 Å². The molecule has 1 unspecified atom stereocenters. The number of alkyl halides is 3. The Labute approximate surface area is 124 Å². The van der Waals surface area contributed by atoms with Crippen LogP contribution in [-0.2, 0) is 11.2 Å². The van der Waals surface area contributed by atoms with Gasteiger partial charge in [0.25, 0.3) is 0 Å². The Balaban J connectivity index is 2.30. The Hall–Kier alpha value is -1.07. The van der Waals surface area contributed by atoms with Gasteiger partial charge in [-0.15, -0.1) is 0 Å². The highest BCUT2D eigenvalue weighted by atomic mass is 19.4. The maximum Gasteiger partial charge on any atom is 0.389 e. The molecule has 1 aromatic carbocycles. The fraction of sp³-hybridized carbons (Fsp3) is 0.625. The highest BCUT2D eigenvalue weighted by molar-refractivity contribution is 5.25. The Morgan fingerprint density at radius 3 is 2.29 bits per heavy atom. The van der Waals surface area contributed by atoms with Crippen molar-refractivity contribution in [1.29, 1.82) is 0 Å². The number of hydrogen-bond donors (Lipinski definition) is 1.